The molecule has 0 aliphatic rings. The molecule has 0 fully saturated rings. The van der Waals surface area contributed by atoms with Gasteiger partial charge in [-0.1, -0.05) is 12.1 Å². The van der Waals surface area contributed by atoms with Crippen LogP contribution in [0.2, 0.25) is 0 Å². The molecule has 0 spiro atoms. The van der Waals surface area contributed by atoms with E-state index in [1.807, 2.05) is 0 Å². The Kier molecular flexibility index (Phi) is 2.25. The molecule has 0 saturated heterocycles. The Hall–Kier alpha value is -2.48. The molecule has 1 aromatic heterocycles. The first-order valence-corrected chi connectivity index (χ1v) is 4.04. The minimum absolute atomic E-state index is 0.0328. The predicted molar refractivity (Wildman–Crippen MR) is 51.8 cm³/mol. The number of isocyanates is 2. The van der Waals surface area contributed by atoms with Crippen LogP contribution in [-0.4, -0.2) is 12.2 Å². The molecule has 0 saturated carbocycles. The van der Waals surface area contributed by atoms with Crippen LogP contribution in [-0.2, 0) is 9.59 Å². The van der Waals surface area contributed by atoms with Crippen molar-refractivity contribution in [2.24, 2.45) is 9.98 Å². The van der Waals surface area contributed by atoms with Crippen LogP contribution < -0.4 is 0 Å². The smallest absolute Gasteiger partial charge is 0.258 e. The van der Waals surface area contributed by atoms with Crippen molar-refractivity contribution in [2.45, 2.75) is 0 Å². The van der Waals surface area contributed by atoms with Gasteiger partial charge in [0.05, 0.1) is 0 Å². The van der Waals surface area contributed by atoms with Crippen LogP contribution in [0, 0.1) is 0 Å². The van der Waals surface area contributed by atoms with E-state index in [1.165, 1.54) is 12.2 Å². The van der Waals surface area contributed by atoms with Gasteiger partial charge in [0.2, 0.25) is 12.2 Å². The highest BCUT2D eigenvalue weighted by Gasteiger charge is 2.12. The van der Waals surface area contributed by atoms with Gasteiger partial charge in [0, 0.05) is 5.39 Å². The predicted octanol–water partition coefficient (Wildman–Crippen LogP) is 2.37. The van der Waals surface area contributed by atoms with E-state index in [0.717, 1.165) is 0 Å². The zero-order chi connectivity index (χ0) is 10.7. The summed E-state index contributed by atoms with van der Waals surface area (Å²) in [6, 6.07) is 6.91. The average Bonchev–Trinajstić information content (AvgIpc) is 2.59. The number of furan rings is 1. The molecule has 0 radical (unpaired) electrons. The van der Waals surface area contributed by atoms with Gasteiger partial charge in [-0.05, 0) is 12.1 Å². The van der Waals surface area contributed by atoms with Gasteiger partial charge in [0.25, 0.3) is 5.88 Å². The first kappa shape index (κ1) is 9.09. The maximum absolute atomic E-state index is 10.2. The molecule has 0 aliphatic carbocycles. The molecule has 2 aromatic rings. The fraction of sp³-hybridized carbons (Fsp3) is 0. The molecule has 1 heterocycles. The van der Waals surface area contributed by atoms with E-state index in [9.17, 15) is 9.59 Å². The van der Waals surface area contributed by atoms with Crippen molar-refractivity contribution in [1.29, 1.82) is 0 Å². The fourth-order valence-corrected chi connectivity index (χ4v) is 1.29. The fourth-order valence-electron chi connectivity index (χ4n) is 1.29. The molecule has 0 amide bonds. The van der Waals surface area contributed by atoms with Crippen LogP contribution in [0.4, 0.5) is 11.6 Å². The van der Waals surface area contributed by atoms with Crippen LogP contribution in [0.5, 0.6) is 0 Å². The number of carbonyl (C=O) groups excluding carboxylic acids is 2. The number of benzene rings is 1. The van der Waals surface area contributed by atoms with Crippen LogP contribution in [0.3, 0.4) is 0 Å². The van der Waals surface area contributed by atoms with Crippen LogP contribution >= 0.6 is 0 Å². The van der Waals surface area contributed by atoms with Gasteiger partial charge in [-0.2, -0.15) is 4.99 Å². The Labute approximate surface area is 83.8 Å². The second kappa shape index (κ2) is 3.72. The molecule has 15 heavy (non-hydrogen) atoms. The maximum Gasteiger partial charge on any atom is 0.258 e. The molecule has 72 valence electrons. The lowest BCUT2D eigenvalue weighted by Crippen LogP contribution is -1.62. The molecule has 5 nitrogen and oxygen atoms in total. The summed E-state index contributed by atoms with van der Waals surface area (Å²) in [6.45, 7) is 0. The highest BCUT2D eigenvalue weighted by Crippen LogP contribution is 2.38. The van der Waals surface area contributed by atoms with E-state index < -0.39 is 0 Å². The molecule has 0 atom stereocenters. The summed E-state index contributed by atoms with van der Waals surface area (Å²) in [5.41, 5.74) is 0.699. The third-order valence-electron chi connectivity index (χ3n) is 1.86. The van der Waals surface area contributed by atoms with Gasteiger partial charge >= 0.3 is 0 Å². The second-order valence-corrected chi connectivity index (χ2v) is 2.66. The normalized spacial score (nSPS) is 9.33. The highest BCUT2D eigenvalue weighted by molar-refractivity contribution is 5.95. The molecular weight excluding hydrogens is 196 g/mol. The first-order chi connectivity index (χ1) is 7.36. The number of hydrogen-bond donors (Lipinski definition) is 0. The lowest BCUT2D eigenvalue weighted by Gasteiger charge is -1.84. The number of para-hydroxylation sites is 1. The number of nitrogens with zero attached hydrogens (tertiary/aromatic N) is 2. The van der Waals surface area contributed by atoms with Crippen molar-refractivity contribution in [3.63, 3.8) is 0 Å². The van der Waals surface area contributed by atoms with Crippen LogP contribution in [0.1, 0.15) is 0 Å². The molecule has 0 unspecified atom stereocenters. The Bertz CT molecular complexity index is 602. The van der Waals surface area contributed by atoms with Crippen molar-refractivity contribution in [3.8, 4) is 0 Å². The van der Waals surface area contributed by atoms with E-state index >= 15 is 0 Å². The summed E-state index contributed by atoms with van der Waals surface area (Å²) in [6.07, 6.45) is 2.72. The van der Waals surface area contributed by atoms with Crippen molar-refractivity contribution >= 4 is 34.7 Å². The SMILES string of the molecule is O=C=Nc1oc2ccccc2c1N=C=O. The molecule has 1 aromatic carbocycles. The van der Waals surface area contributed by atoms with Crippen molar-refractivity contribution in [2.75, 3.05) is 0 Å². The Balaban J connectivity index is 2.85. The van der Waals surface area contributed by atoms with Gasteiger partial charge in [0.15, 0.2) is 5.69 Å². The van der Waals surface area contributed by atoms with Crippen molar-refractivity contribution in [1.82, 2.24) is 0 Å². The molecule has 0 N–H and O–H groups in total. The summed E-state index contributed by atoms with van der Waals surface area (Å²) in [5, 5.41) is 0.606. The zero-order valence-corrected chi connectivity index (χ0v) is 7.43. The third kappa shape index (κ3) is 1.48. The Morgan fingerprint density at radius 3 is 2.53 bits per heavy atom. The van der Waals surface area contributed by atoms with Gasteiger partial charge in [-0.25, -0.2) is 9.59 Å². The minimum atomic E-state index is -0.0328. The standard InChI is InChI=1S/C10H4N2O3/c13-5-11-9-7-3-1-2-4-8(7)15-10(9)12-6-14/h1-4H. The third-order valence-corrected chi connectivity index (χ3v) is 1.86. The zero-order valence-electron chi connectivity index (χ0n) is 7.43. The molecular formula is C10H4N2O3. The van der Waals surface area contributed by atoms with Gasteiger partial charge < -0.3 is 4.42 Å². The Morgan fingerprint density at radius 1 is 1.07 bits per heavy atom. The summed E-state index contributed by atoms with van der Waals surface area (Å²) in [7, 11) is 0. The molecule has 0 bridgehead atoms. The van der Waals surface area contributed by atoms with Gasteiger partial charge in [-0.15, -0.1) is 4.99 Å². The van der Waals surface area contributed by atoms with Gasteiger partial charge in [0.1, 0.15) is 5.58 Å². The summed E-state index contributed by atoms with van der Waals surface area (Å²) < 4.78 is 5.19. The summed E-state index contributed by atoms with van der Waals surface area (Å²) in [5.74, 6) is -0.0328. The molecule has 0 aliphatic heterocycles. The topological polar surface area (TPSA) is 72.0 Å². The van der Waals surface area contributed by atoms with Crippen molar-refractivity contribution < 1.29 is 14.0 Å². The van der Waals surface area contributed by atoms with Gasteiger partial charge in [-0.3, -0.25) is 0 Å². The highest BCUT2D eigenvalue weighted by atomic mass is 16.3. The van der Waals surface area contributed by atoms with E-state index in [0.29, 0.717) is 11.0 Å². The second-order valence-electron chi connectivity index (χ2n) is 2.66. The maximum atomic E-state index is 10.2. The number of hydrogen-bond acceptors (Lipinski definition) is 5. The lowest BCUT2D eigenvalue weighted by atomic mass is 10.2. The van der Waals surface area contributed by atoms with E-state index in [1.54, 1.807) is 24.3 Å². The number of fused-ring (bicyclic) bond motifs is 1. The number of rotatable bonds is 2. The number of aliphatic imine (C=N–C) groups is 2. The van der Waals surface area contributed by atoms with E-state index in [4.69, 9.17) is 4.42 Å². The molecule has 2 rings (SSSR count). The summed E-state index contributed by atoms with van der Waals surface area (Å²) in [4.78, 5) is 27.1. The van der Waals surface area contributed by atoms with E-state index in [2.05, 4.69) is 9.98 Å². The quantitative estimate of drug-likeness (QED) is 0.551. The van der Waals surface area contributed by atoms with Crippen LogP contribution in [0.25, 0.3) is 11.0 Å². The minimum Gasteiger partial charge on any atom is -0.436 e. The monoisotopic (exact) mass is 200 g/mol. The largest absolute Gasteiger partial charge is 0.436 e. The van der Waals surface area contributed by atoms with E-state index in [-0.39, 0.29) is 11.6 Å². The average molecular weight is 200 g/mol. The lowest BCUT2D eigenvalue weighted by molar-refractivity contribution is 0.560. The molecule has 5 heteroatoms. The summed E-state index contributed by atoms with van der Waals surface area (Å²) >= 11 is 0. The van der Waals surface area contributed by atoms with Crippen molar-refractivity contribution in [3.05, 3.63) is 24.3 Å². The van der Waals surface area contributed by atoms with Crippen LogP contribution in [0.15, 0.2) is 38.7 Å². The first-order valence-electron chi connectivity index (χ1n) is 4.04. The Morgan fingerprint density at radius 2 is 1.80 bits per heavy atom.